The minimum absolute atomic E-state index is 0.145. The fourth-order valence-electron chi connectivity index (χ4n) is 5.27. The van der Waals surface area contributed by atoms with Crippen LogP contribution in [0.4, 0.5) is 10.1 Å². The summed E-state index contributed by atoms with van der Waals surface area (Å²) in [4.78, 5) is 39.8. The summed E-state index contributed by atoms with van der Waals surface area (Å²) >= 11 is 0. The van der Waals surface area contributed by atoms with E-state index in [4.69, 9.17) is 4.74 Å². The van der Waals surface area contributed by atoms with E-state index in [2.05, 4.69) is 0 Å². The second kappa shape index (κ2) is 6.79. The summed E-state index contributed by atoms with van der Waals surface area (Å²) in [5.74, 6) is -0.519. The van der Waals surface area contributed by atoms with Crippen molar-refractivity contribution in [2.24, 2.45) is 23.7 Å². The van der Waals surface area contributed by atoms with Crippen LogP contribution in [0.3, 0.4) is 0 Å². The molecule has 2 aromatic carbocycles. The van der Waals surface area contributed by atoms with Crippen molar-refractivity contribution in [3.05, 3.63) is 59.9 Å². The van der Waals surface area contributed by atoms with Crippen molar-refractivity contribution in [3.8, 4) is 5.75 Å². The molecule has 0 spiro atoms. The number of hydrogen-bond donors (Lipinski definition) is 0. The van der Waals surface area contributed by atoms with E-state index in [1.54, 1.807) is 24.3 Å². The fraction of sp³-hybridized carbons (Fsp3) is 0.348. The molecule has 148 valence electrons. The Kier molecular flexibility index (Phi) is 4.23. The van der Waals surface area contributed by atoms with E-state index < -0.39 is 5.82 Å². The van der Waals surface area contributed by atoms with Crippen LogP contribution in [0.2, 0.25) is 0 Å². The van der Waals surface area contributed by atoms with Gasteiger partial charge in [-0.25, -0.2) is 9.29 Å². The van der Waals surface area contributed by atoms with Gasteiger partial charge in [0, 0.05) is 5.56 Å². The molecule has 0 unspecified atom stereocenters. The molecular formula is C23H20FNO4. The normalized spacial score (nSPS) is 27.4. The highest BCUT2D eigenvalue weighted by molar-refractivity contribution is 6.23. The standard InChI is InChI=1S/C23H20FNO4/c24-16-9-7-13(8-10-16)18(26)12-29-19-4-2-1-3-17(19)25-22(27)20-14-5-6-15(11-14)21(20)23(25)28/h1-4,7-10,14-15,20-21H,5-6,11-12H2/t14-,15-,20-,21+/m1/s1. The minimum Gasteiger partial charge on any atom is -0.483 e. The highest BCUT2D eigenvalue weighted by Gasteiger charge is 2.61. The number of Topliss-reactive ketones (excluding diaryl/α,β-unsaturated/α-hetero) is 1. The number of rotatable bonds is 5. The number of benzene rings is 2. The van der Waals surface area contributed by atoms with Crippen LogP contribution in [0, 0.1) is 29.5 Å². The van der Waals surface area contributed by atoms with Gasteiger partial charge in [-0.1, -0.05) is 12.1 Å². The third kappa shape index (κ3) is 2.85. The van der Waals surface area contributed by atoms with Crippen LogP contribution < -0.4 is 9.64 Å². The van der Waals surface area contributed by atoms with Gasteiger partial charge in [-0.3, -0.25) is 14.4 Å². The maximum absolute atomic E-state index is 13.1. The summed E-state index contributed by atoms with van der Waals surface area (Å²) in [6.07, 6.45) is 3.01. The first-order valence-corrected chi connectivity index (χ1v) is 9.93. The highest BCUT2D eigenvalue weighted by Crippen LogP contribution is 2.57. The van der Waals surface area contributed by atoms with Crippen LogP contribution in [0.15, 0.2) is 48.5 Å². The van der Waals surface area contributed by atoms with E-state index in [1.165, 1.54) is 29.2 Å². The molecule has 5 rings (SSSR count). The van der Waals surface area contributed by atoms with Crippen LogP contribution >= 0.6 is 0 Å². The molecule has 2 amide bonds. The fourth-order valence-corrected chi connectivity index (χ4v) is 5.27. The Hall–Kier alpha value is -3.02. The summed E-state index contributed by atoms with van der Waals surface area (Å²) < 4.78 is 18.7. The summed E-state index contributed by atoms with van der Waals surface area (Å²) in [5, 5.41) is 0. The Morgan fingerprint density at radius 3 is 2.24 bits per heavy atom. The lowest BCUT2D eigenvalue weighted by Crippen LogP contribution is -2.33. The Balaban J connectivity index is 1.37. The largest absolute Gasteiger partial charge is 0.483 e. The average molecular weight is 393 g/mol. The topological polar surface area (TPSA) is 63.7 Å². The number of carbonyl (C=O) groups is 3. The summed E-state index contributed by atoms with van der Waals surface area (Å²) in [5.41, 5.74) is 0.728. The van der Waals surface area contributed by atoms with Gasteiger partial charge in [0.05, 0.1) is 17.5 Å². The lowest BCUT2D eigenvalue weighted by molar-refractivity contribution is -0.123. The number of ether oxygens (including phenoxy) is 1. The predicted molar refractivity (Wildman–Crippen MR) is 103 cm³/mol. The Morgan fingerprint density at radius 2 is 1.59 bits per heavy atom. The highest BCUT2D eigenvalue weighted by atomic mass is 19.1. The number of hydrogen-bond acceptors (Lipinski definition) is 4. The molecule has 1 saturated heterocycles. The molecule has 3 aliphatic rings. The lowest BCUT2D eigenvalue weighted by atomic mass is 9.81. The second-order valence-corrected chi connectivity index (χ2v) is 8.08. The van der Waals surface area contributed by atoms with Gasteiger partial charge in [-0.05, 0) is 67.5 Å². The van der Waals surface area contributed by atoms with Gasteiger partial charge in [-0.15, -0.1) is 0 Å². The molecule has 0 aromatic heterocycles. The molecule has 2 saturated carbocycles. The molecule has 29 heavy (non-hydrogen) atoms. The smallest absolute Gasteiger partial charge is 0.238 e. The van der Waals surface area contributed by atoms with Gasteiger partial charge >= 0.3 is 0 Å². The van der Waals surface area contributed by atoms with Crippen molar-refractivity contribution in [1.29, 1.82) is 0 Å². The van der Waals surface area contributed by atoms with E-state index >= 15 is 0 Å². The number of anilines is 1. The van der Waals surface area contributed by atoms with E-state index in [1.807, 2.05) is 0 Å². The van der Waals surface area contributed by atoms with E-state index in [-0.39, 0.29) is 36.0 Å². The van der Waals surface area contributed by atoms with Crippen LogP contribution in [0.25, 0.3) is 0 Å². The van der Waals surface area contributed by atoms with Crippen molar-refractivity contribution in [1.82, 2.24) is 0 Å². The maximum atomic E-state index is 13.1. The monoisotopic (exact) mass is 393 g/mol. The number of amides is 2. The van der Waals surface area contributed by atoms with Crippen LogP contribution in [-0.2, 0) is 9.59 Å². The summed E-state index contributed by atoms with van der Waals surface area (Å²) in [6, 6.07) is 12.0. The van der Waals surface area contributed by atoms with Gasteiger partial charge in [0.1, 0.15) is 11.6 Å². The molecule has 1 heterocycles. The van der Waals surface area contributed by atoms with Crippen molar-refractivity contribution in [2.75, 3.05) is 11.5 Å². The first kappa shape index (κ1) is 18.0. The quantitative estimate of drug-likeness (QED) is 0.575. The number of imide groups is 1. The Morgan fingerprint density at radius 1 is 0.966 bits per heavy atom. The summed E-state index contributed by atoms with van der Waals surface area (Å²) in [7, 11) is 0. The molecule has 0 radical (unpaired) electrons. The molecule has 2 bridgehead atoms. The molecule has 4 atom stereocenters. The number of halogens is 1. The zero-order valence-electron chi connectivity index (χ0n) is 15.7. The van der Waals surface area contributed by atoms with Crippen molar-refractivity contribution in [3.63, 3.8) is 0 Å². The number of fused-ring (bicyclic) bond motifs is 5. The van der Waals surface area contributed by atoms with Crippen LogP contribution in [-0.4, -0.2) is 24.2 Å². The molecule has 6 heteroatoms. The average Bonchev–Trinajstić information content (AvgIpc) is 3.41. The van der Waals surface area contributed by atoms with Gasteiger partial charge in [-0.2, -0.15) is 0 Å². The zero-order chi connectivity index (χ0) is 20.1. The van der Waals surface area contributed by atoms with Gasteiger partial charge < -0.3 is 4.74 Å². The van der Waals surface area contributed by atoms with Crippen LogP contribution in [0.5, 0.6) is 5.75 Å². The number of nitrogens with zero attached hydrogens (tertiary/aromatic N) is 1. The minimum atomic E-state index is -0.418. The number of para-hydroxylation sites is 2. The van der Waals surface area contributed by atoms with Crippen molar-refractivity contribution in [2.45, 2.75) is 19.3 Å². The number of ketones is 1. The maximum Gasteiger partial charge on any atom is 0.238 e. The van der Waals surface area contributed by atoms with Gasteiger partial charge in [0.2, 0.25) is 11.8 Å². The lowest BCUT2D eigenvalue weighted by Gasteiger charge is -2.20. The van der Waals surface area contributed by atoms with E-state index in [0.717, 1.165) is 19.3 Å². The zero-order valence-corrected chi connectivity index (χ0v) is 15.7. The third-order valence-corrected chi connectivity index (χ3v) is 6.56. The van der Waals surface area contributed by atoms with Gasteiger partial charge in [0.25, 0.3) is 0 Å². The van der Waals surface area contributed by atoms with Gasteiger partial charge in [0.15, 0.2) is 12.4 Å². The molecule has 0 N–H and O–H groups in total. The first-order chi connectivity index (χ1) is 14.0. The molecule has 5 nitrogen and oxygen atoms in total. The van der Waals surface area contributed by atoms with E-state index in [9.17, 15) is 18.8 Å². The third-order valence-electron chi connectivity index (χ3n) is 6.56. The molecule has 2 aliphatic carbocycles. The molecule has 3 fully saturated rings. The molecular weight excluding hydrogens is 373 g/mol. The molecule has 1 aliphatic heterocycles. The number of carbonyl (C=O) groups excluding carboxylic acids is 3. The molecule has 2 aromatic rings. The van der Waals surface area contributed by atoms with Crippen molar-refractivity contribution >= 4 is 23.3 Å². The first-order valence-electron chi connectivity index (χ1n) is 9.93. The Bertz CT molecular complexity index is 974. The van der Waals surface area contributed by atoms with E-state index in [0.29, 0.717) is 28.8 Å². The SMILES string of the molecule is O=C(COc1ccccc1N1C(=O)[C@@H]2[C@@H]3CC[C@H](C3)[C@@H]2C1=O)c1ccc(F)cc1. The van der Waals surface area contributed by atoms with Crippen molar-refractivity contribution < 1.29 is 23.5 Å². The van der Waals surface area contributed by atoms with Crippen LogP contribution in [0.1, 0.15) is 29.6 Å². The predicted octanol–water partition coefficient (Wildman–Crippen LogP) is 3.62. The Labute approximate surface area is 167 Å². The second-order valence-electron chi connectivity index (χ2n) is 8.08. The summed E-state index contributed by atoms with van der Waals surface area (Å²) in [6.45, 7) is -0.267.